The third-order valence-corrected chi connectivity index (χ3v) is 5.08. The first-order valence-electron chi connectivity index (χ1n) is 9.86. The molecule has 4 aromatic rings. The highest BCUT2D eigenvalue weighted by Gasteiger charge is 2.11. The van der Waals surface area contributed by atoms with Crippen LogP contribution in [0.1, 0.15) is 21.7 Å². The number of carboxylic acids is 1. The van der Waals surface area contributed by atoms with E-state index in [1.807, 2.05) is 24.3 Å². The molecule has 0 aliphatic heterocycles. The maximum absolute atomic E-state index is 13.3. The van der Waals surface area contributed by atoms with Crippen molar-refractivity contribution in [3.8, 4) is 5.69 Å². The van der Waals surface area contributed by atoms with Gasteiger partial charge in [0, 0.05) is 0 Å². The third-order valence-electron chi connectivity index (χ3n) is 5.08. The van der Waals surface area contributed by atoms with E-state index in [9.17, 15) is 14.7 Å². The molecule has 1 heterocycles. The topological polar surface area (TPSA) is 79.5 Å². The number of rotatable bonds is 5. The number of benzene rings is 3. The average Bonchev–Trinajstić information content (AvgIpc) is 2.78. The van der Waals surface area contributed by atoms with E-state index in [0.29, 0.717) is 22.4 Å². The number of quaternary nitrogens is 1. The van der Waals surface area contributed by atoms with Crippen molar-refractivity contribution in [2.24, 2.45) is 0 Å². The molecule has 1 N–H and O–H groups in total. The van der Waals surface area contributed by atoms with Crippen molar-refractivity contribution in [1.82, 2.24) is 9.55 Å². The molecule has 0 saturated heterocycles. The second kappa shape index (κ2) is 8.38. The number of hydrogen-bond donors (Lipinski definition) is 1. The molecule has 0 aliphatic carbocycles. The van der Waals surface area contributed by atoms with Crippen LogP contribution in [-0.4, -0.2) is 29.6 Å². The highest BCUT2D eigenvalue weighted by molar-refractivity contribution is 5.86. The van der Waals surface area contributed by atoms with Crippen molar-refractivity contribution in [1.29, 1.82) is 0 Å². The molecule has 6 heteroatoms. The van der Waals surface area contributed by atoms with Crippen LogP contribution in [0, 0.1) is 0 Å². The molecule has 4 rings (SSSR count). The summed E-state index contributed by atoms with van der Waals surface area (Å²) in [5, 5.41) is 11.6. The van der Waals surface area contributed by atoms with Crippen LogP contribution in [0.5, 0.6) is 0 Å². The first-order valence-corrected chi connectivity index (χ1v) is 9.86. The molecule has 0 atom stereocenters. The summed E-state index contributed by atoms with van der Waals surface area (Å²) in [7, 11) is 4.13. The summed E-state index contributed by atoms with van der Waals surface area (Å²) in [6, 6.07) is 21.3. The van der Waals surface area contributed by atoms with Gasteiger partial charge in [-0.15, -0.1) is 0 Å². The molecular weight excluding hydrogens is 390 g/mol. The SMILES string of the molecule is C[NH+](C)c1ccc(/C=C/c2nc3ccccc3c(=O)n2-c2ccc(C(=O)[O-])cc2)cc1. The lowest BCUT2D eigenvalue weighted by Crippen LogP contribution is -3.00. The summed E-state index contributed by atoms with van der Waals surface area (Å²) < 4.78 is 1.48. The van der Waals surface area contributed by atoms with Crippen LogP contribution >= 0.6 is 0 Å². The zero-order valence-electron chi connectivity index (χ0n) is 17.2. The molecule has 1 aromatic heterocycles. The van der Waals surface area contributed by atoms with Crippen molar-refractivity contribution >= 4 is 34.7 Å². The standard InChI is InChI=1S/C25H21N3O3/c1-27(2)19-12-7-17(8-13-19)9-16-23-26-22-6-4-3-5-21(22)24(29)28(23)20-14-10-18(11-15-20)25(30)31/h3-16H,1-2H3,(H,30,31)/b16-9+. The second-order valence-electron chi connectivity index (χ2n) is 7.42. The Kier molecular flexibility index (Phi) is 5.47. The first kappa shape index (κ1) is 20.3. The summed E-state index contributed by atoms with van der Waals surface area (Å²) >= 11 is 0. The van der Waals surface area contributed by atoms with E-state index in [-0.39, 0.29) is 11.1 Å². The average molecular weight is 411 g/mol. The smallest absolute Gasteiger partial charge is 0.266 e. The molecule has 154 valence electrons. The largest absolute Gasteiger partial charge is 0.545 e. The minimum Gasteiger partial charge on any atom is -0.545 e. The van der Waals surface area contributed by atoms with Crippen molar-refractivity contribution in [3.63, 3.8) is 0 Å². The number of aromatic carboxylic acids is 1. The first-order chi connectivity index (χ1) is 14.9. The summed E-state index contributed by atoms with van der Waals surface area (Å²) in [4.78, 5) is 30.2. The normalized spacial score (nSPS) is 11.5. The molecule has 3 aromatic carbocycles. The number of para-hydroxylation sites is 1. The Balaban J connectivity index is 1.84. The Morgan fingerprint density at radius 1 is 0.935 bits per heavy atom. The van der Waals surface area contributed by atoms with Crippen molar-refractivity contribution in [2.75, 3.05) is 14.1 Å². The number of fused-ring (bicyclic) bond motifs is 1. The number of nitrogens with zero attached hydrogens (tertiary/aromatic N) is 2. The zero-order chi connectivity index (χ0) is 22.0. The molecule has 0 saturated carbocycles. The van der Waals surface area contributed by atoms with E-state index < -0.39 is 5.97 Å². The molecule has 0 aliphatic rings. The van der Waals surface area contributed by atoms with Crippen LogP contribution in [0.3, 0.4) is 0 Å². The highest BCUT2D eigenvalue weighted by atomic mass is 16.4. The lowest BCUT2D eigenvalue weighted by Gasteiger charge is -2.12. The molecule has 31 heavy (non-hydrogen) atoms. The van der Waals surface area contributed by atoms with Crippen LogP contribution in [-0.2, 0) is 0 Å². The summed E-state index contributed by atoms with van der Waals surface area (Å²) in [6.07, 6.45) is 3.69. The van der Waals surface area contributed by atoms with Gasteiger partial charge in [-0.2, -0.15) is 0 Å². The van der Waals surface area contributed by atoms with Gasteiger partial charge < -0.3 is 14.8 Å². The summed E-state index contributed by atoms with van der Waals surface area (Å²) in [5.74, 6) is -0.814. The Morgan fingerprint density at radius 2 is 1.61 bits per heavy atom. The highest BCUT2D eigenvalue weighted by Crippen LogP contribution is 2.16. The van der Waals surface area contributed by atoms with Crippen LogP contribution in [0.2, 0.25) is 0 Å². The van der Waals surface area contributed by atoms with Gasteiger partial charge in [0.1, 0.15) is 11.5 Å². The molecule has 0 bridgehead atoms. The Labute approximate surface area is 179 Å². The zero-order valence-corrected chi connectivity index (χ0v) is 17.2. The number of carboxylic acid groups (broad SMARTS) is 1. The Bertz CT molecular complexity index is 1340. The number of hydrogen-bond acceptors (Lipinski definition) is 4. The number of aromatic nitrogens is 2. The molecule has 0 fully saturated rings. The van der Waals surface area contributed by atoms with E-state index in [1.165, 1.54) is 27.3 Å². The third kappa shape index (κ3) is 4.15. The Morgan fingerprint density at radius 3 is 2.26 bits per heavy atom. The molecule has 0 radical (unpaired) electrons. The van der Waals surface area contributed by atoms with Gasteiger partial charge >= 0.3 is 0 Å². The van der Waals surface area contributed by atoms with E-state index >= 15 is 0 Å². The van der Waals surface area contributed by atoms with E-state index in [2.05, 4.69) is 31.2 Å². The quantitative estimate of drug-likeness (QED) is 0.542. The summed E-state index contributed by atoms with van der Waals surface area (Å²) in [6.45, 7) is 0. The van der Waals surface area contributed by atoms with E-state index in [1.54, 1.807) is 36.4 Å². The van der Waals surface area contributed by atoms with Gasteiger partial charge in [0.25, 0.3) is 5.56 Å². The lowest BCUT2D eigenvalue weighted by atomic mass is 10.1. The number of carbonyl (C=O) groups excluding carboxylic acids is 1. The van der Waals surface area contributed by atoms with Crippen LogP contribution in [0.15, 0.2) is 77.6 Å². The van der Waals surface area contributed by atoms with Gasteiger partial charge in [0.15, 0.2) is 0 Å². The molecular formula is C25H21N3O3. The fourth-order valence-electron chi connectivity index (χ4n) is 3.36. The van der Waals surface area contributed by atoms with Crippen molar-refractivity contribution in [3.05, 3.63) is 100 Å². The van der Waals surface area contributed by atoms with Crippen molar-refractivity contribution in [2.45, 2.75) is 0 Å². The fourth-order valence-corrected chi connectivity index (χ4v) is 3.36. The van der Waals surface area contributed by atoms with E-state index in [0.717, 1.165) is 5.56 Å². The summed E-state index contributed by atoms with van der Waals surface area (Å²) in [5.41, 5.74) is 3.10. The molecule has 0 unspecified atom stereocenters. The van der Waals surface area contributed by atoms with Crippen molar-refractivity contribution < 1.29 is 14.8 Å². The van der Waals surface area contributed by atoms with Crippen LogP contribution in [0.25, 0.3) is 28.7 Å². The molecule has 6 nitrogen and oxygen atoms in total. The van der Waals surface area contributed by atoms with Gasteiger partial charge in [-0.3, -0.25) is 9.36 Å². The maximum Gasteiger partial charge on any atom is 0.266 e. The Hall–Kier alpha value is -4.03. The predicted octanol–water partition coefficient (Wildman–Crippen LogP) is 1.70. The van der Waals surface area contributed by atoms with E-state index in [4.69, 9.17) is 0 Å². The minimum absolute atomic E-state index is 0.0470. The molecule has 0 amide bonds. The fraction of sp³-hybridized carbons (Fsp3) is 0.0800. The maximum atomic E-state index is 13.3. The lowest BCUT2D eigenvalue weighted by molar-refractivity contribution is -0.786. The van der Waals surface area contributed by atoms with Gasteiger partial charge in [-0.25, -0.2) is 4.98 Å². The van der Waals surface area contributed by atoms with Crippen LogP contribution < -0.4 is 15.6 Å². The van der Waals surface area contributed by atoms with Gasteiger partial charge in [0.2, 0.25) is 0 Å². The number of carbonyl (C=O) groups is 1. The number of nitrogens with one attached hydrogen (secondary N) is 1. The van der Waals surface area contributed by atoms with Crippen LogP contribution in [0.4, 0.5) is 5.69 Å². The predicted molar refractivity (Wildman–Crippen MR) is 120 cm³/mol. The second-order valence-corrected chi connectivity index (χ2v) is 7.42. The minimum atomic E-state index is -1.27. The van der Waals surface area contributed by atoms with Gasteiger partial charge in [0.05, 0.1) is 36.7 Å². The molecule has 0 spiro atoms. The van der Waals surface area contributed by atoms with Gasteiger partial charge in [-0.1, -0.05) is 30.3 Å². The monoisotopic (exact) mass is 411 g/mol. The van der Waals surface area contributed by atoms with Gasteiger partial charge in [-0.05, 0) is 65.7 Å².